The van der Waals surface area contributed by atoms with Crippen LogP contribution in [-0.2, 0) is 6.54 Å². The van der Waals surface area contributed by atoms with Crippen LogP contribution in [0.25, 0.3) is 0 Å². The SMILES string of the molecule is Cc1cc(CNC(=O)c2cc([N+](=O)[O-])ccc2I)on1. The topological polar surface area (TPSA) is 98.3 Å². The number of nitrogens with one attached hydrogen (secondary N) is 1. The number of nitrogens with zero attached hydrogens (tertiary/aromatic N) is 2. The third kappa shape index (κ3) is 3.32. The quantitative estimate of drug-likeness (QED) is 0.494. The summed E-state index contributed by atoms with van der Waals surface area (Å²) in [5, 5.41) is 17.1. The summed E-state index contributed by atoms with van der Waals surface area (Å²) >= 11 is 1.95. The molecule has 1 amide bonds. The number of aryl methyl sites for hydroxylation is 1. The molecule has 0 radical (unpaired) electrons. The van der Waals surface area contributed by atoms with Crippen molar-refractivity contribution in [2.45, 2.75) is 13.5 Å². The highest BCUT2D eigenvalue weighted by Crippen LogP contribution is 2.19. The minimum atomic E-state index is -0.535. The van der Waals surface area contributed by atoms with E-state index in [0.29, 0.717) is 9.33 Å². The van der Waals surface area contributed by atoms with Gasteiger partial charge < -0.3 is 9.84 Å². The summed E-state index contributed by atoms with van der Waals surface area (Å²) in [7, 11) is 0. The number of amides is 1. The molecular weight excluding hydrogens is 377 g/mol. The molecule has 0 atom stereocenters. The number of halogens is 1. The molecule has 0 aliphatic rings. The van der Waals surface area contributed by atoms with Gasteiger partial charge in [0.05, 0.1) is 22.7 Å². The molecule has 0 unspecified atom stereocenters. The van der Waals surface area contributed by atoms with Crippen LogP contribution in [0.15, 0.2) is 28.8 Å². The molecule has 0 fully saturated rings. The summed E-state index contributed by atoms with van der Waals surface area (Å²) in [5.41, 5.74) is 0.862. The Morgan fingerprint density at radius 3 is 2.85 bits per heavy atom. The normalized spacial score (nSPS) is 10.3. The van der Waals surface area contributed by atoms with E-state index in [9.17, 15) is 14.9 Å². The fourth-order valence-corrected chi connectivity index (χ4v) is 2.14. The second kappa shape index (κ2) is 5.99. The number of hydrogen-bond acceptors (Lipinski definition) is 5. The maximum Gasteiger partial charge on any atom is 0.270 e. The fraction of sp³-hybridized carbons (Fsp3) is 0.167. The van der Waals surface area contributed by atoms with Gasteiger partial charge in [-0.15, -0.1) is 0 Å². The zero-order valence-electron chi connectivity index (χ0n) is 10.4. The van der Waals surface area contributed by atoms with Gasteiger partial charge in [0.25, 0.3) is 11.6 Å². The van der Waals surface area contributed by atoms with Crippen molar-refractivity contribution in [3.05, 3.63) is 55.0 Å². The van der Waals surface area contributed by atoms with Gasteiger partial charge in [0.1, 0.15) is 0 Å². The van der Waals surface area contributed by atoms with E-state index in [1.54, 1.807) is 13.0 Å². The molecule has 0 bridgehead atoms. The van der Waals surface area contributed by atoms with Crippen molar-refractivity contribution < 1.29 is 14.2 Å². The number of rotatable bonds is 4. The van der Waals surface area contributed by atoms with Crippen LogP contribution >= 0.6 is 22.6 Å². The minimum Gasteiger partial charge on any atom is -0.359 e. The monoisotopic (exact) mass is 387 g/mol. The maximum absolute atomic E-state index is 12.0. The molecule has 0 spiro atoms. The molecule has 0 aliphatic carbocycles. The Bertz CT molecular complexity index is 668. The third-order valence-corrected chi connectivity index (χ3v) is 3.45. The Morgan fingerprint density at radius 1 is 1.50 bits per heavy atom. The first kappa shape index (κ1) is 14.4. The molecule has 1 aromatic carbocycles. The maximum atomic E-state index is 12.0. The molecular formula is C12H10IN3O4. The first-order chi connectivity index (χ1) is 9.47. The van der Waals surface area contributed by atoms with Gasteiger partial charge in [-0.3, -0.25) is 14.9 Å². The standard InChI is InChI=1S/C12H10IN3O4/c1-7-4-9(20-15-7)6-14-12(17)10-5-8(16(18)19)2-3-11(10)13/h2-5H,6H2,1H3,(H,14,17). The molecule has 7 nitrogen and oxygen atoms in total. The van der Waals surface area contributed by atoms with Crippen molar-refractivity contribution in [3.8, 4) is 0 Å². The highest BCUT2D eigenvalue weighted by molar-refractivity contribution is 14.1. The number of benzene rings is 1. The molecule has 0 saturated carbocycles. The average molecular weight is 387 g/mol. The second-order valence-electron chi connectivity index (χ2n) is 4.04. The number of hydrogen-bond donors (Lipinski definition) is 1. The lowest BCUT2D eigenvalue weighted by molar-refractivity contribution is -0.384. The molecule has 1 N–H and O–H groups in total. The molecule has 2 aromatic rings. The summed E-state index contributed by atoms with van der Waals surface area (Å²) in [5.74, 6) is 0.128. The van der Waals surface area contributed by atoms with Crippen molar-refractivity contribution in [1.82, 2.24) is 10.5 Å². The van der Waals surface area contributed by atoms with E-state index in [-0.39, 0.29) is 17.8 Å². The summed E-state index contributed by atoms with van der Waals surface area (Å²) in [6, 6.07) is 5.85. The zero-order chi connectivity index (χ0) is 14.7. The van der Waals surface area contributed by atoms with E-state index < -0.39 is 10.8 Å². The molecule has 8 heteroatoms. The van der Waals surface area contributed by atoms with Gasteiger partial charge in [0, 0.05) is 21.8 Å². The predicted molar refractivity (Wildman–Crippen MR) is 78.2 cm³/mol. The van der Waals surface area contributed by atoms with Gasteiger partial charge in [0.2, 0.25) is 0 Å². The van der Waals surface area contributed by atoms with Crippen LogP contribution in [0.3, 0.4) is 0 Å². The fourth-order valence-electron chi connectivity index (χ4n) is 1.56. The summed E-state index contributed by atoms with van der Waals surface area (Å²) in [6.07, 6.45) is 0. The van der Waals surface area contributed by atoms with Crippen LogP contribution in [0.5, 0.6) is 0 Å². The second-order valence-corrected chi connectivity index (χ2v) is 5.20. The lowest BCUT2D eigenvalue weighted by atomic mass is 10.2. The van der Waals surface area contributed by atoms with E-state index in [1.165, 1.54) is 18.2 Å². The van der Waals surface area contributed by atoms with E-state index in [0.717, 1.165) is 5.69 Å². The molecule has 0 aliphatic heterocycles. The predicted octanol–water partition coefficient (Wildman–Crippen LogP) is 2.43. The summed E-state index contributed by atoms with van der Waals surface area (Å²) < 4.78 is 5.61. The van der Waals surface area contributed by atoms with E-state index >= 15 is 0 Å². The number of carbonyl (C=O) groups is 1. The minimum absolute atomic E-state index is 0.119. The first-order valence-corrected chi connectivity index (χ1v) is 6.69. The van der Waals surface area contributed by atoms with Crippen LogP contribution in [0.4, 0.5) is 5.69 Å². The Balaban J connectivity index is 2.12. The molecule has 1 aromatic heterocycles. The molecule has 2 rings (SSSR count). The Hall–Kier alpha value is -1.97. The van der Waals surface area contributed by atoms with Gasteiger partial charge in [-0.1, -0.05) is 5.16 Å². The largest absolute Gasteiger partial charge is 0.359 e. The number of non-ortho nitro benzene ring substituents is 1. The highest BCUT2D eigenvalue weighted by Gasteiger charge is 2.15. The van der Waals surface area contributed by atoms with Crippen molar-refractivity contribution in [2.24, 2.45) is 0 Å². The Morgan fingerprint density at radius 2 is 2.25 bits per heavy atom. The lowest BCUT2D eigenvalue weighted by Gasteiger charge is -2.05. The van der Waals surface area contributed by atoms with Crippen LogP contribution in [0.2, 0.25) is 0 Å². The van der Waals surface area contributed by atoms with Gasteiger partial charge in [-0.25, -0.2) is 0 Å². The molecule has 0 saturated heterocycles. The van der Waals surface area contributed by atoms with Crippen molar-refractivity contribution in [1.29, 1.82) is 0 Å². The van der Waals surface area contributed by atoms with Gasteiger partial charge >= 0.3 is 0 Å². The van der Waals surface area contributed by atoms with Crippen molar-refractivity contribution in [3.63, 3.8) is 0 Å². The van der Waals surface area contributed by atoms with Crippen LogP contribution < -0.4 is 5.32 Å². The Labute approximate surface area is 127 Å². The lowest BCUT2D eigenvalue weighted by Crippen LogP contribution is -2.23. The van der Waals surface area contributed by atoms with Crippen LogP contribution in [0, 0.1) is 20.6 Å². The first-order valence-electron chi connectivity index (χ1n) is 5.61. The summed E-state index contributed by atoms with van der Waals surface area (Å²) in [4.78, 5) is 22.2. The van der Waals surface area contributed by atoms with Gasteiger partial charge in [-0.05, 0) is 35.6 Å². The third-order valence-electron chi connectivity index (χ3n) is 2.51. The number of nitro benzene ring substituents is 1. The number of carbonyl (C=O) groups excluding carboxylic acids is 1. The summed E-state index contributed by atoms with van der Waals surface area (Å²) in [6.45, 7) is 1.96. The smallest absolute Gasteiger partial charge is 0.270 e. The Kier molecular flexibility index (Phi) is 4.32. The highest BCUT2D eigenvalue weighted by atomic mass is 127. The number of aromatic nitrogens is 1. The van der Waals surface area contributed by atoms with Crippen LogP contribution in [-0.4, -0.2) is 16.0 Å². The van der Waals surface area contributed by atoms with Gasteiger partial charge in [0.15, 0.2) is 5.76 Å². The van der Waals surface area contributed by atoms with Gasteiger partial charge in [-0.2, -0.15) is 0 Å². The zero-order valence-corrected chi connectivity index (χ0v) is 12.6. The van der Waals surface area contributed by atoms with Crippen molar-refractivity contribution >= 4 is 34.2 Å². The molecule has 104 valence electrons. The molecule has 1 heterocycles. The number of nitro groups is 1. The van der Waals surface area contributed by atoms with E-state index in [1.807, 2.05) is 22.6 Å². The van der Waals surface area contributed by atoms with Crippen LogP contribution in [0.1, 0.15) is 21.8 Å². The average Bonchev–Trinajstić information content (AvgIpc) is 2.82. The van der Waals surface area contributed by atoms with E-state index in [4.69, 9.17) is 4.52 Å². The molecule has 20 heavy (non-hydrogen) atoms. The van der Waals surface area contributed by atoms with Crippen molar-refractivity contribution in [2.75, 3.05) is 0 Å². The van der Waals surface area contributed by atoms with E-state index in [2.05, 4.69) is 10.5 Å².